The summed E-state index contributed by atoms with van der Waals surface area (Å²) in [5.74, 6) is 0.939. The van der Waals surface area contributed by atoms with E-state index in [1.54, 1.807) is 6.92 Å². The van der Waals surface area contributed by atoms with Crippen molar-refractivity contribution in [1.29, 1.82) is 0 Å². The minimum Gasteiger partial charge on any atom is -0.463 e. The van der Waals surface area contributed by atoms with Gasteiger partial charge in [0.15, 0.2) is 0 Å². The summed E-state index contributed by atoms with van der Waals surface area (Å²) in [6, 6.07) is 0. The third-order valence-electron chi connectivity index (χ3n) is 3.88. The molecular weight excluding hydrogens is 344 g/mol. The number of nitrogens with two attached hydrogens (primary N) is 1. The molecule has 1 amide bonds. The van der Waals surface area contributed by atoms with E-state index >= 15 is 0 Å². The smallest absolute Gasteiger partial charge is 0.306 e. The first-order valence-corrected chi connectivity index (χ1v) is 10.0. The topological polar surface area (TPSA) is 122 Å². The summed E-state index contributed by atoms with van der Waals surface area (Å²) >= 11 is 1.49. The molecule has 0 fully saturated rings. The van der Waals surface area contributed by atoms with Crippen molar-refractivity contribution in [3.63, 3.8) is 0 Å². The molecule has 0 aromatic carbocycles. The quantitative estimate of drug-likeness (QED) is 0.201. The van der Waals surface area contributed by atoms with Crippen LogP contribution in [0.5, 0.6) is 0 Å². The molecule has 0 aromatic heterocycles. The Morgan fingerprint density at radius 2 is 1.92 bits per heavy atom. The summed E-state index contributed by atoms with van der Waals surface area (Å²) in [7, 11) is 0. The minimum absolute atomic E-state index is 0.0273. The number of aliphatic hydroxyl groups excluding tert-OH is 2. The van der Waals surface area contributed by atoms with Crippen LogP contribution < -0.4 is 11.1 Å². The van der Waals surface area contributed by atoms with Gasteiger partial charge in [0, 0.05) is 17.4 Å². The zero-order valence-electron chi connectivity index (χ0n) is 15.6. The first kappa shape index (κ1) is 24.2. The molecule has 0 radical (unpaired) electrons. The fourth-order valence-electron chi connectivity index (χ4n) is 1.90. The van der Waals surface area contributed by atoms with Crippen molar-refractivity contribution in [2.24, 2.45) is 17.6 Å². The average Bonchev–Trinajstić information content (AvgIpc) is 2.58. The lowest BCUT2D eigenvalue weighted by Gasteiger charge is -2.14. The lowest BCUT2D eigenvalue weighted by Crippen LogP contribution is -2.39. The average molecular weight is 379 g/mol. The number of carbonyl (C=O) groups excluding carboxylic acids is 2. The van der Waals surface area contributed by atoms with E-state index in [1.807, 2.05) is 0 Å². The molecule has 148 valence electrons. The molecule has 0 bridgehead atoms. The number of esters is 1. The van der Waals surface area contributed by atoms with Crippen LogP contribution in [0.1, 0.15) is 46.5 Å². The third kappa shape index (κ3) is 14.1. The molecule has 4 unspecified atom stereocenters. The van der Waals surface area contributed by atoms with Crippen LogP contribution in [0.25, 0.3) is 0 Å². The van der Waals surface area contributed by atoms with Crippen LogP contribution in [-0.4, -0.2) is 59.1 Å². The van der Waals surface area contributed by atoms with Crippen molar-refractivity contribution < 1.29 is 24.5 Å². The van der Waals surface area contributed by atoms with Gasteiger partial charge in [-0.25, -0.2) is 0 Å². The molecule has 0 saturated heterocycles. The number of rotatable bonds is 14. The maximum absolute atomic E-state index is 11.7. The maximum Gasteiger partial charge on any atom is 0.306 e. The predicted octanol–water partition coefficient (Wildman–Crippen LogP) is 0.870. The van der Waals surface area contributed by atoms with Crippen molar-refractivity contribution in [2.45, 2.75) is 58.8 Å². The molecule has 0 aliphatic rings. The molecule has 0 spiro atoms. The molecule has 8 heteroatoms. The Bertz CT molecular complexity index is 382. The Balaban J connectivity index is 3.70. The molecule has 0 aromatic rings. The summed E-state index contributed by atoms with van der Waals surface area (Å²) in [6.45, 7) is 6.09. The molecular formula is C17H34N2O5S. The number of carbonyl (C=O) groups is 2. The summed E-state index contributed by atoms with van der Waals surface area (Å²) < 4.78 is 5.07. The Morgan fingerprint density at radius 3 is 2.52 bits per heavy atom. The fourth-order valence-corrected chi connectivity index (χ4v) is 2.88. The zero-order chi connectivity index (χ0) is 19.2. The van der Waals surface area contributed by atoms with E-state index < -0.39 is 12.3 Å². The number of nitrogens with one attached hydrogen (secondary N) is 1. The van der Waals surface area contributed by atoms with Crippen LogP contribution in [0.4, 0.5) is 0 Å². The van der Waals surface area contributed by atoms with Gasteiger partial charge in [-0.2, -0.15) is 11.8 Å². The van der Waals surface area contributed by atoms with Gasteiger partial charge in [-0.1, -0.05) is 27.2 Å². The van der Waals surface area contributed by atoms with Gasteiger partial charge in [-0.3, -0.25) is 9.59 Å². The van der Waals surface area contributed by atoms with Crippen LogP contribution in [-0.2, 0) is 14.3 Å². The highest BCUT2D eigenvalue weighted by Gasteiger charge is 2.14. The number of hydrogen-bond donors (Lipinski definition) is 4. The lowest BCUT2D eigenvalue weighted by atomic mass is 10.0. The van der Waals surface area contributed by atoms with E-state index in [9.17, 15) is 14.7 Å². The van der Waals surface area contributed by atoms with E-state index in [-0.39, 0.29) is 37.4 Å². The van der Waals surface area contributed by atoms with Gasteiger partial charge < -0.3 is 26.0 Å². The van der Waals surface area contributed by atoms with Gasteiger partial charge in [-0.05, 0) is 18.8 Å². The van der Waals surface area contributed by atoms with Gasteiger partial charge in [0.05, 0.1) is 19.1 Å². The summed E-state index contributed by atoms with van der Waals surface area (Å²) in [6.07, 6.45) is 1.23. The van der Waals surface area contributed by atoms with Crippen LogP contribution in [0.15, 0.2) is 0 Å². The Hall–Kier alpha value is -0.830. The molecule has 0 aliphatic heterocycles. The SMILES string of the molecule is CCC(C)CCC(O)COC(=O)CCSCC(C)C(=O)NCC(N)O. The second-order valence-corrected chi connectivity index (χ2v) is 7.62. The molecule has 7 nitrogen and oxygen atoms in total. The summed E-state index contributed by atoms with van der Waals surface area (Å²) in [5, 5.41) is 21.2. The number of amides is 1. The summed E-state index contributed by atoms with van der Waals surface area (Å²) in [4.78, 5) is 23.3. The van der Waals surface area contributed by atoms with Crippen molar-refractivity contribution in [1.82, 2.24) is 5.32 Å². The lowest BCUT2D eigenvalue weighted by molar-refractivity contribution is -0.146. The Kier molecular flexibility index (Phi) is 13.9. The van der Waals surface area contributed by atoms with Crippen LogP contribution in [0, 0.1) is 11.8 Å². The van der Waals surface area contributed by atoms with E-state index in [0.717, 1.165) is 12.8 Å². The maximum atomic E-state index is 11.7. The second-order valence-electron chi connectivity index (χ2n) is 6.47. The van der Waals surface area contributed by atoms with Crippen molar-refractivity contribution in [3.8, 4) is 0 Å². The van der Waals surface area contributed by atoms with Crippen molar-refractivity contribution in [3.05, 3.63) is 0 Å². The fraction of sp³-hybridized carbons (Fsp3) is 0.882. The minimum atomic E-state index is -1.06. The van der Waals surface area contributed by atoms with Crippen LogP contribution in [0.2, 0.25) is 0 Å². The number of hydrogen-bond acceptors (Lipinski definition) is 7. The van der Waals surface area contributed by atoms with E-state index in [4.69, 9.17) is 15.6 Å². The normalized spacial score (nSPS) is 15.9. The van der Waals surface area contributed by atoms with Crippen LogP contribution >= 0.6 is 11.8 Å². The molecule has 0 aliphatic carbocycles. The third-order valence-corrected chi connectivity index (χ3v) is 5.11. The summed E-state index contributed by atoms with van der Waals surface area (Å²) in [5.41, 5.74) is 5.15. The second kappa shape index (κ2) is 14.4. The highest BCUT2D eigenvalue weighted by atomic mass is 32.2. The van der Waals surface area contributed by atoms with E-state index in [0.29, 0.717) is 23.8 Å². The van der Waals surface area contributed by atoms with Gasteiger partial charge in [0.25, 0.3) is 0 Å². The monoisotopic (exact) mass is 378 g/mol. The van der Waals surface area contributed by atoms with Gasteiger partial charge in [0.2, 0.25) is 5.91 Å². The number of thioether (sulfide) groups is 1. The molecule has 0 heterocycles. The number of aliphatic hydroxyl groups is 2. The molecule has 0 rings (SSSR count). The molecule has 4 atom stereocenters. The van der Waals surface area contributed by atoms with Crippen molar-refractivity contribution >= 4 is 23.6 Å². The van der Waals surface area contributed by atoms with Gasteiger partial charge in [-0.15, -0.1) is 0 Å². The predicted molar refractivity (Wildman–Crippen MR) is 100.0 cm³/mol. The molecule has 25 heavy (non-hydrogen) atoms. The van der Waals surface area contributed by atoms with Gasteiger partial charge in [0.1, 0.15) is 12.8 Å². The zero-order valence-corrected chi connectivity index (χ0v) is 16.4. The molecule has 0 saturated carbocycles. The Labute approximate surface area is 155 Å². The highest BCUT2D eigenvalue weighted by Crippen LogP contribution is 2.12. The number of ether oxygens (including phenoxy) is 1. The molecule has 5 N–H and O–H groups in total. The van der Waals surface area contributed by atoms with Crippen LogP contribution in [0.3, 0.4) is 0 Å². The first-order valence-electron chi connectivity index (χ1n) is 8.89. The van der Waals surface area contributed by atoms with E-state index in [1.165, 1.54) is 11.8 Å². The van der Waals surface area contributed by atoms with Gasteiger partial charge >= 0.3 is 5.97 Å². The Morgan fingerprint density at radius 1 is 1.24 bits per heavy atom. The van der Waals surface area contributed by atoms with E-state index in [2.05, 4.69) is 19.2 Å². The standard InChI is InChI=1S/C17H34N2O5S/c1-4-12(2)5-6-14(20)10-24-16(22)7-8-25-11-13(3)17(23)19-9-15(18)21/h12-15,20-21H,4-11,18H2,1-3H3,(H,19,23). The van der Waals surface area contributed by atoms with Crippen molar-refractivity contribution in [2.75, 3.05) is 24.7 Å². The first-order chi connectivity index (χ1) is 11.8. The largest absolute Gasteiger partial charge is 0.463 e. The highest BCUT2D eigenvalue weighted by molar-refractivity contribution is 7.99.